The van der Waals surface area contributed by atoms with Crippen molar-refractivity contribution in [2.45, 2.75) is 0 Å². The van der Waals surface area contributed by atoms with Gasteiger partial charge in [0.05, 0.1) is 0 Å². The molecule has 6 heteroatoms. The van der Waals surface area contributed by atoms with Gasteiger partial charge in [-0.2, -0.15) is 0 Å². The topological polar surface area (TPSA) is 60.7 Å². The molecular formula is H3BNiO3V. The summed E-state index contributed by atoms with van der Waals surface area (Å²) in [4.78, 5) is 0. The molecule has 0 atom stereocenters. The van der Waals surface area contributed by atoms with Crippen LogP contribution < -0.4 is 0 Å². The van der Waals surface area contributed by atoms with E-state index < -0.39 is 7.32 Å². The van der Waals surface area contributed by atoms with E-state index >= 15 is 0 Å². The third-order valence-corrected chi connectivity index (χ3v) is 0. The molecule has 0 aromatic rings. The van der Waals surface area contributed by atoms with Gasteiger partial charge in [-0.3, -0.25) is 0 Å². The number of hydrogen-bond donors (Lipinski definition) is 3. The maximum absolute atomic E-state index is 7.17. The minimum atomic E-state index is -2.17. The maximum Gasteiger partial charge on any atom is 0.631 e. The molecule has 0 bridgehead atoms. The molecule has 0 fully saturated rings. The second kappa shape index (κ2) is 9.39. The molecule has 1 radical (unpaired) electrons. The van der Waals surface area contributed by atoms with Crippen molar-refractivity contribution in [1.29, 1.82) is 0 Å². The Bertz CT molecular complexity index is 15.5. The van der Waals surface area contributed by atoms with E-state index in [1.807, 2.05) is 0 Å². The average Bonchev–Trinajstić information content (AvgIpc) is 0.811. The van der Waals surface area contributed by atoms with Crippen molar-refractivity contribution < 1.29 is 50.1 Å². The Morgan fingerprint density at radius 3 is 1.00 bits per heavy atom. The van der Waals surface area contributed by atoms with Crippen LogP contribution in [-0.4, -0.2) is 22.4 Å². The molecule has 0 aromatic carbocycles. The van der Waals surface area contributed by atoms with Crippen molar-refractivity contribution in [1.82, 2.24) is 0 Å². The van der Waals surface area contributed by atoms with Crippen LogP contribution in [0.4, 0.5) is 0 Å². The molecule has 0 saturated heterocycles. The van der Waals surface area contributed by atoms with Gasteiger partial charge in [-0.25, -0.2) is 0 Å². The standard InChI is InChI=1S/BH3O3.Ni.V/c2-1(3)4;;/h2-4H;;. The van der Waals surface area contributed by atoms with Gasteiger partial charge in [0, 0.05) is 35.0 Å². The van der Waals surface area contributed by atoms with Crippen molar-refractivity contribution in [2.24, 2.45) is 0 Å². The van der Waals surface area contributed by atoms with E-state index in [0.717, 1.165) is 0 Å². The minimum absolute atomic E-state index is 0. The summed E-state index contributed by atoms with van der Waals surface area (Å²) >= 11 is 0. The Hall–Kier alpha value is 1.02. The largest absolute Gasteiger partial charge is 0.631 e. The molecule has 3 nitrogen and oxygen atoms in total. The molecule has 0 aliphatic rings. The quantitative estimate of drug-likeness (QED) is 0.368. The van der Waals surface area contributed by atoms with Crippen LogP contribution in [0.1, 0.15) is 0 Å². The van der Waals surface area contributed by atoms with E-state index in [-0.39, 0.29) is 35.0 Å². The summed E-state index contributed by atoms with van der Waals surface area (Å²) in [5.74, 6) is 0. The summed E-state index contributed by atoms with van der Waals surface area (Å²) in [6.07, 6.45) is 0. The molecule has 0 amide bonds. The van der Waals surface area contributed by atoms with E-state index in [9.17, 15) is 0 Å². The first-order chi connectivity index (χ1) is 1.73. The first kappa shape index (κ1) is 15.7. The third kappa shape index (κ3) is 77.7. The molecule has 3 N–H and O–H groups in total. The maximum atomic E-state index is 7.17. The molecule has 0 rings (SSSR count). The summed E-state index contributed by atoms with van der Waals surface area (Å²) in [5, 5.41) is 21.5. The normalized spacial score (nSPS) is 4.50. The molecule has 0 aromatic heterocycles. The summed E-state index contributed by atoms with van der Waals surface area (Å²) in [6, 6.07) is 0. The average molecular weight is 171 g/mol. The molecule has 0 heterocycles. The van der Waals surface area contributed by atoms with Crippen molar-refractivity contribution in [3.63, 3.8) is 0 Å². The van der Waals surface area contributed by atoms with Gasteiger partial charge in [-0.1, -0.05) is 0 Å². The van der Waals surface area contributed by atoms with Crippen LogP contribution >= 0.6 is 0 Å². The second-order valence-electron chi connectivity index (χ2n) is 0.346. The van der Waals surface area contributed by atoms with Gasteiger partial charge in [0.1, 0.15) is 0 Å². The van der Waals surface area contributed by atoms with Crippen LogP contribution in [0.15, 0.2) is 0 Å². The smallest absolute Gasteiger partial charge is 0.402 e. The minimum Gasteiger partial charge on any atom is -0.402 e. The fraction of sp³-hybridized carbons (Fsp3) is 0. The monoisotopic (exact) mass is 171 g/mol. The van der Waals surface area contributed by atoms with Crippen molar-refractivity contribution >= 4 is 7.32 Å². The Morgan fingerprint density at radius 2 is 1.00 bits per heavy atom. The van der Waals surface area contributed by atoms with E-state index in [1.165, 1.54) is 0 Å². The number of hydrogen-bond acceptors (Lipinski definition) is 3. The van der Waals surface area contributed by atoms with Gasteiger partial charge in [0.25, 0.3) is 0 Å². The van der Waals surface area contributed by atoms with Crippen LogP contribution in [0.25, 0.3) is 0 Å². The molecule has 0 spiro atoms. The van der Waals surface area contributed by atoms with Crippen LogP contribution in [0, 0.1) is 0 Å². The fourth-order valence-corrected chi connectivity index (χ4v) is 0. The molecule has 0 aliphatic heterocycles. The zero-order valence-electron chi connectivity index (χ0n) is 2.68. The zero-order valence-corrected chi connectivity index (χ0v) is 5.07. The van der Waals surface area contributed by atoms with Crippen molar-refractivity contribution in [3.05, 3.63) is 0 Å². The summed E-state index contributed by atoms with van der Waals surface area (Å²) < 4.78 is 0. The van der Waals surface area contributed by atoms with Crippen LogP contribution in [-0.2, 0) is 35.0 Å². The SMILES string of the molecule is OB(O)O.[Ni].[V]. The van der Waals surface area contributed by atoms with Gasteiger partial charge in [-0.15, -0.1) is 0 Å². The van der Waals surface area contributed by atoms with Crippen LogP contribution in [0.2, 0.25) is 0 Å². The molecule has 39 valence electrons. The van der Waals surface area contributed by atoms with E-state index in [4.69, 9.17) is 15.1 Å². The third-order valence-electron chi connectivity index (χ3n) is 0. The van der Waals surface area contributed by atoms with E-state index in [2.05, 4.69) is 0 Å². The Kier molecular flexibility index (Phi) is 24.6. The van der Waals surface area contributed by atoms with Gasteiger partial charge in [0.2, 0.25) is 0 Å². The van der Waals surface area contributed by atoms with Gasteiger partial charge >= 0.3 is 7.32 Å². The zero-order chi connectivity index (χ0) is 3.58. The molecule has 0 unspecified atom stereocenters. The summed E-state index contributed by atoms with van der Waals surface area (Å²) in [7, 11) is -2.17. The van der Waals surface area contributed by atoms with Gasteiger partial charge in [0.15, 0.2) is 0 Å². The molecule has 0 aliphatic carbocycles. The first-order valence-corrected chi connectivity index (χ1v) is 0.775. The molecule has 0 saturated carbocycles. The van der Waals surface area contributed by atoms with Crippen molar-refractivity contribution in [3.8, 4) is 0 Å². The van der Waals surface area contributed by atoms with Crippen LogP contribution in [0.5, 0.6) is 0 Å². The first-order valence-electron chi connectivity index (χ1n) is 0.775. The Morgan fingerprint density at radius 1 is 1.00 bits per heavy atom. The fourth-order valence-electron chi connectivity index (χ4n) is 0. The van der Waals surface area contributed by atoms with Gasteiger partial charge in [-0.05, 0) is 0 Å². The van der Waals surface area contributed by atoms with Crippen LogP contribution in [0.3, 0.4) is 0 Å². The van der Waals surface area contributed by atoms with Gasteiger partial charge < -0.3 is 15.1 Å². The second-order valence-corrected chi connectivity index (χ2v) is 0.346. The summed E-state index contributed by atoms with van der Waals surface area (Å²) in [5.41, 5.74) is 0. The number of rotatable bonds is 0. The summed E-state index contributed by atoms with van der Waals surface area (Å²) in [6.45, 7) is 0. The Labute approximate surface area is 57.7 Å². The molecular weight excluding hydrogens is 168 g/mol. The van der Waals surface area contributed by atoms with E-state index in [1.54, 1.807) is 0 Å². The van der Waals surface area contributed by atoms with E-state index in [0.29, 0.717) is 0 Å². The van der Waals surface area contributed by atoms with Crippen molar-refractivity contribution in [2.75, 3.05) is 0 Å². The Balaban J connectivity index is -0.0000000450. The predicted octanol–water partition coefficient (Wildman–Crippen LogP) is -2.06. The molecule has 6 heavy (non-hydrogen) atoms. The predicted molar refractivity (Wildman–Crippen MR) is 12.4 cm³/mol.